The summed E-state index contributed by atoms with van der Waals surface area (Å²) in [5.74, 6) is 0.901. The standard InChI is InChI=1S/C11H15ClO/c1-3-10(4-2)13-11-7-5-9(12)6-8-11/h5-8,10H,3-4H2,1-2H3. The fraction of sp³-hybridized carbons (Fsp3) is 0.455. The molecule has 0 aromatic heterocycles. The maximum atomic E-state index is 5.76. The van der Waals surface area contributed by atoms with E-state index in [4.69, 9.17) is 16.3 Å². The van der Waals surface area contributed by atoms with Crippen LogP contribution in [-0.2, 0) is 0 Å². The molecule has 0 heterocycles. The van der Waals surface area contributed by atoms with Gasteiger partial charge in [-0.05, 0) is 37.1 Å². The highest BCUT2D eigenvalue weighted by Crippen LogP contribution is 2.18. The lowest BCUT2D eigenvalue weighted by molar-refractivity contribution is 0.193. The first-order valence-corrected chi connectivity index (χ1v) is 5.06. The molecule has 0 saturated heterocycles. The van der Waals surface area contributed by atoms with Crippen molar-refractivity contribution in [1.29, 1.82) is 0 Å². The summed E-state index contributed by atoms with van der Waals surface area (Å²) in [6.45, 7) is 4.26. The van der Waals surface area contributed by atoms with Crippen LogP contribution in [0, 0.1) is 0 Å². The Balaban J connectivity index is 2.58. The summed E-state index contributed by atoms with van der Waals surface area (Å²) in [6.07, 6.45) is 2.40. The van der Waals surface area contributed by atoms with Crippen LogP contribution in [0.2, 0.25) is 5.02 Å². The Bertz CT molecular complexity index is 239. The summed E-state index contributed by atoms with van der Waals surface area (Å²) in [5.41, 5.74) is 0. The number of benzene rings is 1. The van der Waals surface area contributed by atoms with Gasteiger partial charge in [0.1, 0.15) is 5.75 Å². The first-order chi connectivity index (χ1) is 6.26. The molecule has 1 nitrogen and oxygen atoms in total. The van der Waals surface area contributed by atoms with Crippen molar-refractivity contribution in [3.05, 3.63) is 29.3 Å². The number of hydrogen-bond donors (Lipinski definition) is 0. The molecule has 0 saturated carbocycles. The van der Waals surface area contributed by atoms with Crippen LogP contribution in [0.5, 0.6) is 5.75 Å². The smallest absolute Gasteiger partial charge is 0.119 e. The van der Waals surface area contributed by atoms with Gasteiger partial charge in [0, 0.05) is 5.02 Å². The van der Waals surface area contributed by atoms with E-state index in [0.717, 1.165) is 23.6 Å². The highest BCUT2D eigenvalue weighted by molar-refractivity contribution is 6.30. The maximum absolute atomic E-state index is 5.76. The van der Waals surface area contributed by atoms with Crippen molar-refractivity contribution in [1.82, 2.24) is 0 Å². The fourth-order valence-electron chi connectivity index (χ4n) is 1.16. The van der Waals surface area contributed by atoms with Crippen molar-refractivity contribution in [3.63, 3.8) is 0 Å². The predicted molar refractivity (Wildman–Crippen MR) is 56.5 cm³/mol. The van der Waals surface area contributed by atoms with Gasteiger partial charge < -0.3 is 4.74 Å². The van der Waals surface area contributed by atoms with Crippen LogP contribution in [0.4, 0.5) is 0 Å². The van der Waals surface area contributed by atoms with Crippen LogP contribution < -0.4 is 4.74 Å². The van der Waals surface area contributed by atoms with Crippen molar-refractivity contribution >= 4 is 11.6 Å². The van der Waals surface area contributed by atoms with Gasteiger partial charge in [0.25, 0.3) is 0 Å². The van der Waals surface area contributed by atoms with Gasteiger partial charge in [0.2, 0.25) is 0 Å². The molecular formula is C11H15ClO. The van der Waals surface area contributed by atoms with Crippen LogP contribution in [0.15, 0.2) is 24.3 Å². The molecule has 0 atom stereocenters. The first-order valence-electron chi connectivity index (χ1n) is 4.68. The number of hydrogen-bond acceptors (Lipinski definition) is 1. The molecule has 0 radical (unpaired) electrons. The highest BCUT2D eigenvalue weighted by atomic mass is 35.5. The molecule has 0 unspecified atom stereocenters. The normalized spacial score (nSPS) is 10.5. The Kier molecular flexibility index (Phi) is 4.10. The minimum absolute atomic E-state index is 0.321. The number of ether oxygens (including phenoxy) is 1. The zero-order chi connectivity index (χ0) is 9.68. The minimum Gasteiger partial charge on any atom is -0.490 e. The van der Waals surface area contributed by atoms with E-state index in [1.165, 1.54) is 0 Å². The van der Waals surface area contributed by atoms with E-state index in [2.05, 4.69) is 13.8 Å². The average molecular weight is 199 g/mol. The second-order valence-corrected chi connectivity index (χ2v) is 3.45. The first kappa shape index (κ1) is 10.4. The molecule has 13 heavy (non-hydrogen) atoms. The van der Waals surface area contributed by atoms with Crippen molar-refractivity contribution in [2.75, 3.05) is 0 Å². The summed E-state index contributed by atoms with van der Waals surface area (Å²) in [6, 6.07) is 7.50. The Morgan fingerprint density at radius 3 is 2.15 bits per heavy atom. The van der Waals surface area contributed by atoms with E-state index >= 15 is 0 Å². The summed E-state index contributed by atoms with van der Waals surface area (Å²) in [7, 11) is 0. The summed E-state index contributed by atoms with van der Waals surface area (Å²) in [4.78, 5) is 0. The van der Waals surface area contributed by atoms with Gasteiger partial charge in [-0.2, -0.15) is 0 Å². The summed E-state index contributed by atoms with van der Waals surface area (Å²) >= 11 is 5.76. The topological polar surface area (TPSA) is 9.23 Å². The van der Waals surface area contributed by atoms with Crippen LogP contribution in [0.1, 0.15) is 26.7 Å². The van der Waals surface area contributed by atoms with Crippen LogP contribution in [0.25, 0.3) is 0 Å². The molecule has 0 fully saturated rings. The molecule has 1 aromatic carbocycles. The molecule has 0 N–H and O–H groups in total. The largest absolute Gasteiger partial charge is 0.490 e. The van der Waals surface area contributed by atoms with Gasteiger partial charge in [-0.3, -0.25) is 0 Å². The fourth-order valence-corrected chi connectivity index (χ4v) is 1.29. The summed E-state index contributed by atoms with van der Waals surface area (Å²) < 4.78 is 5.71. The molecule has 0 aliphatic heterocycles. The molecule has 1 aromatic rings. The highest BCUT2D eigenvalue weighted by Gasteiger charge is 2.03. The van der Waals surface area contributed by atoms with Gasteiger partial charge >= 0.3 is 0 Å². The average Bonchev–Trinajstić information content (AvgIpc) is 2.17. The van der Waals surface area contributed by atoms with E-state index in [0.29, 0.717) is 6.10 Å². The minimum atomic E-state index is 0.321. The van der Waals surface area contributed by atoms with E-state index < -0.39 is 0 Å². The molecule has 2 heteroatoms. The Hall–Kier alpha value is -0.690. The van der Waals surface area contributed by atoms with Crippen LogP contribution in [-0.4, -0.2) is 6.10 Å². The number of rotatable bonds is 4. The molecule has 0 aliphatic rings. The molecule has 0 aliphatic carbocycles. The van der Waals surface area contributed by atoms with Crippen molar-refractivity contribution in [2.45, 2.75) is 32.8 Å². The van der Waals surface area contributed by atoms with E-state index in [1.807, 2.05) is 24.3 Å². The second kappa shape index (κ2) is 5.13. The third-order valence-corrected chi connectivity index (χ3v) is 2.28. The molecule has 0 amide bonds. The van der Waals surface area contributed by atoms with E-state index in [9.17, 15) is 0 Å². The second-order valence-electron chi connectivity index (χ2n) is 3.01. The molecule has 72 valence electrons. The van der Waals surface area contributed by atoms with Crippen LogP contribution in [0.3, 0.4) is 0 Å². The molecular weight excluding hydrogens is 184 g/mol. The van der Waals surface area contributed by atoms with Crippen LogP contribution >= 0.6 is 11.6 Å². The zero-order valence-corrected chi connectivity index (χ0v) is 8.84. The predicted octanol–water partition coefficient (Wildman–Crippen LogP) is 3.91. The lowest BCUT2D eigenvalue weighted by atomic mass is 10.2. The van der Waals surface area contributed by atoms with Crippen molar-refractivity contribution in [3.8, 4) is 5.75 Å². The monoisotopic (exact) mass is 198 g/mol. The van der Waals surface area contributed by atoms with Gasteiger partial charge in [0.05, 0.1) is 6.10 Å². The Morgan fingerprint density at radius 2 is 1.69 bits per heavy atom. The molecule has 1 rings (SSSR count). The zero-order valence-electron chi connectivity index (χ0n) is 8.09. The van der Waals surface area contributed by atoms with Gasteiger partial charge in [-0.15, -0.1) is 0 Å². The van der Waals surface area contributed by atoms with Gasteiger partial charge in [0.15, 0.2) is 0 Å². The maximum Gasteiger partial charge on any atom is 0.119 e. The van der Waals surface area contributed by atoms with E-state index in [1.54, 1.807) is 0 Å². The molecule has 0 bridgehead atoms. The quantitative estimate of drug-likeness (QED) is 0.713. The van der Waals surface area contributed by atoms with E-state index in [-0.39, 0.29) is 0 Å². The number of halogens is 1. The van der Waals surface area contributed by atoms with Gasteiger partial charge in [-0.25, -0.2) is 0 Å². The Morgan fingerprint density at radius 1 is 1.15 bits per heavy atom. The Labute approximate surface area is 84.7 Å². The third kappa shape index (κ3) is 3.27. The van der Waals surface area contributed by atoms with Crippen molar-refractivity contribution in [2.24, 2.45) is 0 Å². The lowest BCUT2D eigenvalue weighted by Crippen LogP contribution is -2.13. The lowest BCUT2D eigenvalue weighted by Gasteiger charge is -2.15. The van der Waals surface area contributed by atoms with Crippen molar-refractivity contribution < 1.29 is 4.74 Å². The SMILES string of the molecule is CCC(CC)Oc1ccc(Cl)cc1. The third-order valence-electron chi connectivity index (χ3n) is 2.03. The van der Waals surface area contributed by atoms with Gasteiger partial charge in [-0.1, -0.05) is 25.4 Å². The molecule has 0 spiro atoms. The summed E-state index contributed by atoms with van der Waals surface area (Å²) in [5, 5.41) is 0.747.